The van der Waals surface area contributed by atoms with Gasteiger partial charge in [0, 0.05) is 26.2 Å². The molecule has 0 aromatic carbocycles. The molecule has 33 heavy (non-hydrogen) atoms. The number of aryl methyl sites for hydroxylation is 1. The molecule has 0 bridgehead atoms. The number of nitrogens with zero attached hydrogens (tertiary/aromatic N) is 4. The fourth-order valence-corrected chi connectivity index (χ4v) is 6.89. The number of hydrogen-bond donors (Lipinski definition) is 1. The van der Waals surface area contributed by atoms with E-state index in [0.717, 1.165) is 37.7 Å². The van der Waals surface area contributed by atoms with E-state index < -0.39 is 9.84 Å². The van der Waals surface area contributed by atoms with E-state index in [0.29, 0.717) is 41.0 Å². The van der Waals surface area contributed by atoms with Gasteiger partial charge in [-0.15, -0.1) is 11.3 Å². The highest BCUT2D eigenvalue weighted by molar-refractivity contribution is 7.91. The molecule has 176 valence electrons. The molecule has 0 aliphatic carbocycles. The van der Waals surface area contributed by atoms with Crippen LogP contribution in [0.25, 0.3) is 21.6 Å². The number of sulfone groups is 1. The maximum absolute atomic E-state index is 13.3. The molecular formula is C22H27N5O4S2. The Morgan fingerprint density at radius 1 is 1.33 bits per heavy atom. The Kier molecular flexibility index (Phi) is 6.21. The second-order valence-electron chi connectivity index (χ2n) is 8.53. The van der Waals surface area contributed by atoms with E-state index in [1.807, 2.05) is 30.5 Å². The Labute approximate surface area is 196 Å². The average Bonchev–Trinajstić information content (AvgIpc) is 3.53. The molecule has 2 saturated heterocycles. The average molecular weight is 490 g/mol. The third-order valence-electron chi connectivity index (χ3n) is 6.23. The molecule has 1 N–H and O–H groups in total. The van der Waals surface area contributed by atoms with E-state index in [1.165, 1.54) is 0 Å². The summed E-state index contributed by atoms with van der Waals surface area (Å²) in [5.41, 5.74) is 2.46. The number of nitrogens with one attached hydrogen (secondary N) is 1. The molecule has 9 nitrogen and oxygen atoms in total. The number of carbonyl (C=O) groups excluding carboxylic acids is 1. The van der Waals surface area contributed by atoms with Gasteiger partial charge in [-0.25, -0.2) is 18.1 Å². The number of morpholine rings is 1. The number of ether oxygens (including phenoxy) is 1. The molecule has 5 heterocycles. The number of thiophene rings is 1. The predicted octanol–water partition coefficient (Wildman–Crippen LogP) is 1.89. The number of rotatable bonds is 6. The smallest absolute Gasteiger partial charge is 0.252 e. The lowest BCUT2D eigenvalue weighted by molar-refractivity contribution is 0.0383. The van der Waals surface area contributed by atoms with Crippen LogP contribution in [-0.2, 0) is 14.6 Å². The van der Waals surface area contributed by atoms with Crippen LogP contribution in [0.15, 0.2) is 23.6 Å². The molecule has 0 radical (unpaired) electrons. The van der Waals surface area contributed by atoms with Crippen molar-refractivity contribution in [3.63, 3.8) is 0 Å². The topological polar surface area (TPSA) is 106 Å². The van der Waals surface area contributed by atoms with Crippen LogP contribution in [0.3, 0.4) is 0 Å². The lowest BCUT2D eigenvalue weighted by Crippen LogP contribution is -2.41. The van der Waals surface area contributed by atoms with E-state index in [9.17, 15) is 13.2 Å². The molecule has 2 aliphatic rings. The molecule has 1 amide bonds. The van der Waals surface area contributed by atoms with Gasteiger partial charge in [0.15, 0.2) is 15.5 Å². The SMILES string of the molecule is Cc1nn(C2CCS(=O)(=O)C2)c2nc(-c3cccs3)cc(C(=O)NCCN3CCOCC3)c12. The second kappa shape index (κ2) is 9.13. The summed E-state index contributed by atoms with van der Waals surface area (Å²) in [5.74, 6) is 0.0300. The minimum Gasteiger partial charge on any atom is -0.379 e. The van der Waals surface area contributed by atoms with Crippen LogP contribution in [0.1, 0.15) is 28.5 Å². The molecular weight excluding hydrogens is 462 g/mol. The summed E-state index contributed by atoms with van der Waals surface area (Å²) < 4.78 is 31.3. The highest BCUT2D eigenvalue weighted by Gasteiger charge is 2.32. The van der Waals surface area contributed by atoms with Gasteiger partial charge in [0.1, 0.15) is 0 Å². The zero-order chi connectivity index (χ0) is 23.0. The van der Waals surface area contributed by atoms with Crippen molar-refractivity contribution >= 4 is 38.1 Å². The lowest BCUT2D eigenvalue weighted by Gasteiger charge is -2.26. The van der Waals surface area contributed by atoms with Crippen molar-refractivity contribution in [3.8, 4) is 10.6 Å². The third kappa shape index (κ3) is 4.68. The summed E-state index contributed by atoms with van der Waals surface area (Å²) in [4.78, 5) is 21.4. The molecule has 0 spiro atoms. The van der Waals surface area contributed by atoms with Gasteiger partial charge in [0.05, 0.1) is 58.0 Å². The number of carbonyl (C=O) groups is 1. The number of amides is 1. The monoisotopic (exact) mass is 489 g/mol. The molecule has 2 fully saturated rings. The van der Waals surface area contributed by atoms with Crippen LogP contribution >= 0.6 is 11.3 Å². The van der Waals surface area contributed by atoms with Crippen LogP contribution in [0, 0.1) is 6.92 Å². The second-order valence-corrected chi connectivity index (χ2v) is 11.7. The van der Waals surface area contributed by atoms with Crippen molar-refractivity contribution in [3.05, 3.63) is 34.8 Å². The lowest BCUT2D eigenvalue weighted by atomic mass is 10.1. The van der Waals surface area contributed by atoms with Crippen LogP contribution in [0.2, 0.25) is 0 Å². The fourth-order valence-electron chi connectivity index (χ4n) is 4.51. The third-order valence-corrected chi connectivity index (χ3v) is 8.87. The maximum Gasteiger partial charge on any atom is 0.252 e. The summed E-state index contributed by atoms with van der Waals surface area (Å²) >= 11 is 1.55. The van der Waals surface area contributed by atoms with Gasteiger partial charge in [-0.2, -0.15) is 5.10 Å². The number of pyridine rings is 1. The summed E-state index contributed by atoms with van der Waals surface area (Å²) in [5, 5.41) is 10.4. The van der Waals surface area contributed by atoms with Crippen LogP contribution in [-0.4, -0.2) is 84.9 Å². The first-order valence-electron chi connectivity index (χ1n) is 11.1. The van der Waals surface area contributed by atoms with Crippen molar-refractivity contribution in [2.24, 2.45) is 0 Å². The first-order chi connectivity index (χ1) is 15.9. The van der Waals surface area contributed by atoms with Crippen molar-refractivity contribution in [2.75, 3.05) is 50.9 Å². The normalized spacial score (nSPS) is 20.9. The van der Waals surface area contributed by atoms with Crippen LogP contribution in [0.4, 0.5) is 0 Å². The Bertz CT molecular complexity index is 1260. The highest BCUT2D eigenvalue weighted by atomic mass is 32.2. The van der Waals surface area contributed by atoms with Gasteiger partial charge in [0.2, 0.25) is 0 Å². The molecule has 5 rings (SSSR count). The summed E-state index contributed by atoms with van der Waals surface area (Å²) in [7, 11) is -3.08. The molecule has 1 unspecified atom stereocenters. The Morgan fingerprint density at radius 3 is 2.85 bits per heavy atom. The van der Waals surface area contributed by atoms with E-state index >= 15 is 0 Å². The number of aromatic nitrogens is 3. The Morgan fingerprint density at radius 2 is 2.15 bits per heavy atom. The van der Waals surface area contributed by atoms with Gasteiger partial charge in [-0.1, -0.05) is 6.07 Å². The minimum atomic E-state index is -3.08. The molecule has 3 aromatic heterocycles. The van der Waals surface area contributed by atoms with Crippen molar-refractivity contribution in [1.29, 1.82) is 0 Å². The van der Waals surface area contributed by atoms with Gasteiger partial charge in [0.25, 0.3) is 5.91 Å². The molecule has 1 atom stereocenters. The standard InChI is InChI=1S/C22H27N5O4S2/c1-15-20-17(22(28)23-5-6-26-7-9-31-10-8-26)13-18(19-3-2-11-32-19)24-21(20)27(25-15)16-4-12-33(29,30)14-16/h2-3,11,13,16H,4-10,12,14H2,1H3,(H,23,28). The summed E-state index contributed by atoms with van der Waals surface area (Å²) in [6, 6.07) is 5.46. The first kappa shape index (κ1) is 22.5. The Hall–Kier alpha value is -2.34. The summed E-state index contributed by atoms with van der Waals surface area (Å²) in [6.07, 6.45) is 0.505. The summed E-state index contributed by atoms with van der Waals surface area (Å²) in [6.45, 7) is 6.32. The zero-order valence-electron chi connectivity index (χ0n) is 18.5. The predicted molar refractivity (Wildman–Crippen MR) is 127 cm³/mol. The number of hydrogen-bond acceptors (Lipinski definition) is 8. The molecule has 2 aliphatic heterocycles. The molecule has 11 heteroatoms. The minimum absolute atomic E-state index is 0.0508. The fraction of sp³-hybridized carbons (Fsp3) is 0.500. The largest absolute Gasteiger partial charge is 0.379 e. The molecule has 3 aromatic rings. The van der Waals surface area contributed by atoms with Gasteiger partial charge in [-0.05, 0) is 30.9 Å². The van der Waals surface area contributed by atoms with E-state index in [4.69, 9.17) is 9.72 Å². The zero-order valence-corrected chi connectivity index (χ0v) is 20.1. The van der Waals surface area contributed by atoms with Crippen LogP contribution in [0.5, 0.6) is 0 Å². The van der Waals surface area contributed by atoms with Gasteiger partial charge >= 0.3 is 0 Å². The van der Waals surface area contributed by atoms with E-state index in [2.05, 4.69) is 15.3 Å². The van der Waals surface area contributed by atoms with Crippen LogP contribution < -0.4 is 5.32 Å². The van der Waals surface area contributed by atoms with Crippen molar-refractivity contribution in [1.82, 2.24) is 25.0 Å². The van der Waals surface area contributed by atoms with Gasteiger partial charge in [-0.3, -0.25) is 9.69 Å². The maximum atomic E-state index is 13.3. The quantitative estimate of drug-likeness (QED) is 0.564. The number of fused-ring (bicyclic) bond motifs is 1. The Balaban J connectivity index is 1.49. The van der Waals surface area contributed by atoms with Crippen molar-refractivity contribution in [2.45, 2.75) is 19.4 Å². The van der Waals surface area contributed by atoms with E-state index in [-0.39, 0.29) is 23.5 Å². The highest BCUT2D eigenvalue weighted by Crippen LogP contribution is 2.33. The first-order valence-corrected chi connectivity index (χ1v) is 13.8. The van der Waals surface area contributed by atoms with E-state index in [1.54, 1.807) is 16.0 Å². The van der Waals surface area contributed by atoms with Gasteiger partial charge < -0.3 is 10.1 Å². The van der Waals surface area contributed by atoms with Crippen molar-refractivity contribution < 1.29 is 17.9 Å². The molecule has 0 saturated carbocycles.